The van der Waals surface area contributed by atoms with Gasteiger partial charge >= 0.3 is 5.13 Å². The molecule has 0 atom stereocenters. The molecule has 0 aliphatic carbocycles. The summed E-state index contributed by atoms with van der Waals surface area (Å²) >= 11 is 1.46. The van der Waals surface area contributed by atoms with E-state index in [2.05, 4.69) is 58.6 Å². The minimum atomic E-state index is 0.794. The Bertz CT molecular complexity index is 844. The molecule has 0 unspecified atom stereocenters. The van der Waals surface area contributed by atoms with Gasteiger partial charge in [-0.05, 0) is 46.3 Å². The largest absolute Gasteiger partial charge is 0.484 e. The molecule has 0 fully saturated rings. The molecule has 1 aromatic heterocycles. The van der Waals surface area contributed by atoms with Crippen molar-refractivity contribution in [1.82, 2.24) is 0 Å². The third-order valence-corrected chi connectivity index (χ3v) is 4.82. The van der Waals surface area contributed by atoms with Gasteiger partial charge in [0.25, 0.3) is 0 Å². The second kappa shape index (κ2) is 7.90. The first-order valence-electron chi connectivity index (χ1n) is 7.96. The van der Waals surface area contributed by atoms with Crippen molar-refractivity contribution in [1.29, 1.82) is 0 Å². The minimum absolute atomic E-state index is 0.794. The predicted octanol–water partition coefficient (Wildman–Crippen LogP) is 4.63. The number of methoxy groups -OCH3 is 1. The summed E-state index contributed by atoms with van der Waals surface area (Å²) in [6.45, 7) is 0.868. The smallest absolute Gasteiger partial charge is 0.411 e. The molecule has 3 aromatic rings. The summed E-state index contributed by atoms with van der Waals surface area (Å²) in [7, 11) is 5.66. The molecule has 128 valence electrons. The van der Waals surface area contributed by atoms with E-state index in [9.17, 15) is 0 Å². The van der Waals surface area contributed by atoms with Crippen LogP contribution in [0.15, 0.2) is 71.0 Å². The summed E-state index contributed by atoms with van der Waals surface area (Å²) in [4.78, 5) is 2.21. The summed E-state index contributed by atoms with van der Waals surface area (Å²) in [5, 5.41) is 10.2. The maximum Gasteiger partial charge on any atom is 0.411 e. The molecule has 0 amide bonds. The Morgan fingerprint density at radius 3 is 2.40 bits per heavy atom. The molecule has 6 heteroatoms. The molecule has 0 saturated heterocycles. The Morgan fingerprint density at radius 2 is 1.76 bits per heavy atom. The van der Waals surface area contributed by atoms with Gasteiger partial charge in [0.2, 0.25) is 5.06 Å². The van der Waals surface area contributed by atoms with Crippen molar-refractivity contribution in [3.05, 3.63) is 66.4 Å². The highest BCUT2D eigenvalue weighted by Gasteiger charge is 2.13. The number of anilines is 1. The van der Waals surface area contributed by atoms with Crippen LogP contribution in [0, 0.1) is 0 Å². The third kappa shape index (κ3) is 4.42. The van der Waals surface area contributed by atoms with Crippen molar-refractivity contribution < 1.29 is 9.30 Å². The molecule has 0 N–H and O–H groups in total. The normalized spacial score (nSPS) is 11.0. The lowest BCUT2D eigenvalue weighted by molar-refractivity contribution is -0.654. The molecule has 0 aliphatic rings. The van der Waals surface area contributed by atoms with Gasteiger partial charge in [-0.25, -0.2) is 4.57 Å². The zero-order valence-electron chi connectivity index (χ0n) is 14.6. The van der Waals surface area contributed by atoms with Crippen LogP contribution in [-0.2, 0) is 13.6 Å². The van der Waals surface area contributed by atoms with Gasteiger partial charge in [0.15, 0.2) is 0 Å². The number of hydrogen-bond donors (Lipinski definition) is 0. The van der Waals surface area contributed by atoms with Gasteiger partial charge in [0, 0.05) is 19.3 Å². The van der Waals surface area contributed by atoms with E-state index in [1.54, 1.807) is 7.11 Å². The Labute approximate surface area is 151 Å². The van der Waals surface area contributed by atoms with Crippen LogP contribution in [0.4, 0.5) is 16.5 Å². The highest BCUT2D eigenvalue weighted by Crippen LogP contribution is 2.27. The highest BCUT2D eigenvalue weighted by atomic mass is 32.1. The Balaban J connectivity index is 1.67. The van der Waals surface area contributed by atoms with Crippen LogP contribution in [0.1, 0.15) is 5.56 Å². The van der Waals surface area contributed by atoms with Gasteiger partial charge < -0.3 is 9.64 Å². The topological polar surface area (TPSA) is 41.1 Å². The van der Waals surface area contributed by atoms with Gasteiger partial charge in [-0.3, -0.25) is 0 Å². The Morgan fingerprint density at radius 1 is 1.04 bits per heavy atom. The van der Waals surface area contributed by atoms with Crippen molar-refractivity contribution in [2.75, 3.05) is 19.1 Å². The molecule has 25 heavy (non-hydrogen) atoms. The molecule has 0 spiro atoms. The van der Waals surface area contributed by atoms with Crippen molar-refractivity contribution in [2.24, 2.45) is 17.3 Å². The molecule has 0 aliphatic heterocycles. The fourth-order valence-corrected chi connectivity index (χ4v) is 3.16. The molecule has 0 saturated carbocycles. The SMILES string of the molecule is COc1c[n+](C)c(N=Nc2ccc(N(C)Cc3ccccc3)cc2)s1. The molecule has 0 radical (unpaired) electrons. The number of aromatic nitrogens is 1. The maximum absolute atomic E-state index is 5.21. The number of aryl methyl sites for hydroxylation is 1. The van der Waals surface area contributed by atoms with Crippen LogP contribution < -0.4 is 14.2 Å². The number of thiazole rings is 1. The van der Waals surface area contributed by atoms with Crippen molar-refractivity contribution >= 4 is 27.8 Å². The molecule has 3 rings (SSSR count). The van der Waals surface area contributed by atoms with Gasteiger partial charge in [0.05, 0.1) is 19.3 Å². The van der Waals surface area contributed by atoms with E-state index in [1.807, 2.05) is 36.0 Å². The zero-order valence-corrected chi connectivity index (χ0v) is 15.4. The first-order valence-corrected chi connectivity index (χ1v) is 8.77. The van der Waals surface area contributed by atoms with E-state index < -0.39 is 0 Å². The van der Waals surface area contributed by atoms with Crippen LogP contribution in [0.3, 0.4) is 0 Å². The zero-order chi connectivity index (χ0) is 17.6. The maximum atomic E-state index is 5.21. The highest BCUT2D eigenvalue weighted by molar-refractivity contribution is 7.16. The van der Waals surface area contributed by atoms with Gasteiger partial charge in [-0.2, -0.15) is 0 Å². The predicted molar refractivity (Wildman–Crippen MR) is 101 cm³/mol. The summed E-state index contributed by atoms with van der Waals surface area (Å²) < 4.78 is 7.11. The average molecular weight is 353 g/mol. The van der Waals surface area contributed by atoms with E-state index in [0.29, 0.717) is 0 Å². The number of hydrogen-bond acceptors (Lipinski definition) is 5. The van der Waals surface area contributed by atoms with Crippen LogP contribution in [0.5, 0.6) is 5.06 Å². The monoisotopic (exact) mass is 353 g/mol. The minimum Gasteiger partial charge on any atom is -0.484 e. The van der Waals surface area contributed by atoms with Gasteiger partial charge in [-0.15, -0.1) is 0 Å². The van der Waals surface area contributed by atoms with Crippen LogP contribution in [0.2, 0.25) is 0 Å². The summed E-state index contributed by atoms with van der Waals surface area (Å²) in [5.74, 6) is 0. The Kier molecular flexibility index (Phi) is 5.40. The van der Waals surface area contributed by atoms with Crippen molar-refractivity contribution in [2.45, 2.75) is 6.54 Å². The third-order valence-electron chi connectivity index (χ3n) is 3.80. The van der Waals surface area contributed by atoms with E-state index in [0.717, 1.165) is 28.1 Å². The second-order valence-electron chi connectivity index (χ2n) is 5.71. The van der Waals surface area contributed by atoms with Crippen LogP contribution >= 0.6 is 11.3 Å². The van der Waals surface area contributed by atoms with Crippen molar-refractivity contribution in [3.63, 3.8) is 0 Å². The number of rotatable bonds is 6. The number of ether oxygens (including phenoxy) is 1. The molecule has 5 nitrogen and oxygen atoms in total. The quantitative estimate of drug-likeness (QED) is 0.479. The lowest BCUT2D eigenvalue weighted by atomic mass is 10.2. The summed E-state index contributed by atoms with van der Waals surface area (Å²) in [6.07, 6.45) is 1.89. The van der Waals surface area contributed by atoms with Crippen LogP contribution in [0.25, 0.3) is 0 Å². The lowest BCUT2D eigenvalue weighted by Gasteiger charge is -2.19. The number of nitrogens with zero attached hydrogens (tertiary/aromatic N) is 4. The van der Waals surface area contributed by atoms with Gasteiger partial charge in [-0.1, -0.05) is 30.3 Å². The average Bonchev–Trinajstić information content (AvgIpc) is 3.01. The summed E-state index contributed by atoms with van der Waals surface area (Å²) in [6, 6.07) is 18.5. The first kappa shape index (κ1) is 17.1. The molecular weight excluding hydrogens is 332 g/mol. The van der Waals surface area contributed by atoms with E-state index >= 15 is 0 Å². The standard InChI is InChI=1S/C19H21N4OS/c1-22(13-15-7-5-4-6-8-15)17-11-9-16(10-12-17)20-21-19-23(2)14-18(24-3)25-19/h4-12,14H,13H2,1-3H3/q+1. The lowest BCUT2D eigenvalue weighted by Crippen LogP contribution is -2.23. The Hall–Kier alpha value is -2.73. The molecular formula is C19H21N4OS+. The van der Waals surface area contributed by atoms with E-state index in [4.69, 9.17) is 4.74 Å². The van der Waals surface area contributed by atoms with Gasteiger partial charge in [0.1, 0.15) is 11.9 Å². The van der Waals surface area contributed by atoms with Crippen LogP contribution in [-0.4, -0.2) is 14.2 Å². The first-order chi connectivity index (χ1) is 12.2. The number of azo groups is 1. The molecule has 2 aromatic carbocycles. The molecule has 1 heterocycles. The molecule has 0 bridgehead atoms. The fourth-order valence-electron chi connectivity index (χ4n) is 2.41. The number of benzene rings is 2. The second-order valence-corrected chi connectivity index (χ2v) is 6.68. The fraction of sp³-hybridized carbons (Fsp3) is 0.211. The summed E-state index contributed by atoms with van der Waals surface area (Å²) in [5.41, 5.74) is 3.25. The van der Waals surface area contributed by atoms with Crippen molar-refractivity contribution in [3.8, 4) is 5.06 Å². The van der Waals surface area contributed by atoms with E-state index in [-0.39, 0.29) is 0 Å². The van der Waals surface area contributed by atoms with E-state index in [1.165, 1.54) is 16.9 Å².